The van der Waals surface area contributed by atoms with Gasteiger partial charge >= 0.3 is 0 Å². The molecule has 1 aromatic heterocycles. The number of rotatable bonds is 6. The van der Waals surface area contributed by atoms with Crippen molar-refractivity contribution in [1.82, 2.24) is 4.90 Å². The summed E-state index contributed by atoms with van der Waals surface area (Å²) in [6.07, 6.45) is 7.21. The lowest BCUT2D eigenvalue weighted by Crippen LogP contribution is -2.39. The summed E-state index contributed by atoms with van der Waals surface area (Å²) in [6, 6.07) is 3.77. The maximum absolute atomic E-state index is 11.4. The van der Waals surface area contributed by atoms with E-state index >= 15 is 0 Å². The Morgan fingerprint density at radius 3 is 2.90 bits per heavy atom. The first-order valence-electron chi connectivity index (χ1n) is 7.59. The van der Waals surface area contributed by atoms with Gasteiger partial charge in [-0.05, 0) is 37.9 Å². The topological polar surface area (TPSA) is 70.8 Å². The van der Waals surface area contributed by atoms with Gasteiger partial charge < -0.3 is 9.52 Å². The molecular formula is C15H25NO4S. The zero-order valence-electron chi connectivity index (χ0n) is 12.6. The summed E-state index contributed by atoms with van der Waals surface area (Å²) in [6.45, 7) is 1.46. The predicted octanol–water partition coefficient (Wildman–Crippen LogP) is 1.99. The van der Waals surface area contributed by atoms with Crippen molar-refractivity contribution in [1.29, 1.82) is 0 Å². The number of aliphatic hydroxyl groups excluding tert-OH is 1. The van der Waals surface area contributed by atoms with Crippen LogP contribution in [0.25, 0.3) is 0 Å². The van der Waals surface area contributed by atoms with Gasteiger partial charge in [0.2, 0.25) is 0 Å². The molecule has 0 aromatic carbocycles. The Morgan fingerprint density at radius 2 is 2.24 bits per heavy atom. The second-order valence-corrected chi connectivity index (χ2v) is 8.20. The Bertz CT molecular complexity index is 512. The maximum atomic E-state index is 11.4. The number of sulfone groups is 1. The van der Waals surface area contributed by atoms with Gasteiger partial charge in [0, 0.05) is 18.8 Å². The molecule has 0 aliphatic carbocycles. The minimum absolute atomic E-state index is 0.181. The van der Waals surface area contributed by atoms with E-state index < -0.39 is 15.9 Å². The fraction of sp³-hybridized carbons (Fsp3) is 0.733. The van der Waals surface area contributed by atoms with Crippen LogP contribution in [0.2, 0.25) is 0 Å². The Kier molecular flexibility index (Phi) is 5.84. The van der Waals surface area contributed by atoms with Crippen molar-refractivity contribution in [2.45, 2.75) is 44.2 Å². The van der Waals surface area contributed by atoms with E-state index in [0.717, 1.165) is 25.8 Å². The molecule has 1 fully saturated rings. The second kappa shape index (κ2) is 7.42. The van der Waals surface area contributed by atoms with E-state index in [1.54, 1.807) is 18.4 Å². The van der Waals surface area contributed by atoms with Gasteiger partial charge in [-0.25, -0.2) is 8.42 Å². The third kappa shape index (κ3) is 5.45. The Hall–Kier alpha value is -0.850. The van der Waals surface area contributed by atoms with E-state index in [1.165, 1.54) is 12.7 Å². The summed E-state index contributed by atoms with van der Waals surface area (Å²) in [7, 11) is -2.95. The van der Waals surface area contributed by atoms with Gasteiger partial charge in [-0.15, -0.1) is 0 Å². The standard InChI is InChI=1S/C15H25NO4S/c1-21(18,19)11-9-16-8-4-2-3-6-13(16)12-14(17)15-7-5-10-20-15/h5,7,10,13-14,17H,2-4,6,8-9,11-12H2,1H3. The lowest BCUT2D eigenvalue weighted by atomic mass is 10.0. The van der Waals surface area contributed by atoms with Crippen LogP contribution in [-0.2, 0) is 9.84 Å². The molecule has 120 valence electrons. The van der Waals surface area contributed by atoms with Crippen LogP contribution in [-0.4, -0.2) is 49.6 Å². The lowest BCUT2D eigenvalue weighted by molar-refractivity contribution is 0.0889. The number of furan rings is 1. The summed E-state index contributed by atoms with van der Waals surface area (Å²) in [5, 5.41) is 10.3. The van der Waals surface area contributed by atoms with Crippen LogP contribution in [0.5, 0.6) is 0 Å². The second-order valence-electron chi connectivity index (χ2n) is 5.94. The first-order chi connectivity index (χ1) is 9.96. The summed E-state index contributed by atoms with van der Waals surface area (Å²) in [5.74, 6) is 0.766. The molecular weight excluding hydrogens is 290 g/mol. The molecule has 1 saturated heterocycles. The van der Waals surface area contributed by atoms with Gasteiger partial charge in [-0.3, -0.25) is 4.90 Å². The van der Waals surface area contributed by atoms with Gasteiger partial charge in [-0.1, -0.05) is 12.8 Å². The quantitative estimate of drug-likeness (QED) is 0.869. The molecule has 1 aliphatic rings. The number of hydrogen-bond acceptors (Lipinski definition) is 5. The van der Waals surface area contributed by atoms with Crippen molar-refractivity contribution in [2.24, 2.45) is 0 Å². The summed E-state index contributed by atoms with van der Waals surface area (Å²) in [4.78, 5) is 2.22. The molecule has 1 N–H and O–H groups in total. The summed E-state index contributed by atoms with van der Waals surface area (Å²) >= 11 is 0. The third-order valence-corrected chi connectivity index (χ3v) is 5.04. The average Bonchev–Trinajstić information content (AvgIpc) is 2.85. The first-order valence-corrected chi connectivity index (χ1v) is 9.65. The van der Waals surface area contributed by atoms with Crippen molar-refractivity contribution in [3.63, 3.8) is 0 Å². The fourth-order valence-electron chi connectivity index (χ4n) is 2.94. The zero-order chi connectivity index (χ0) is 15.3. The largest absolute Gasteiger partial charge is 0.467 e. The molecule has 1 aromatic rings. The first kappa shape index (κ1) is 16.5. The SMILES string of the molecule is CS(=O)(=O)CCN1CCCCCC1CC(O)c1ccco1. The molecule has 0 amide bonds. The summed E-state index contributed by atoms with van der Waals surface area (Å²) in [5.41, 5.74) is 0. The van der Waals surface area contributed by atoms with Gasteiger partial charge in [0.05, 0.1) is 12.0 Å². The molecule has 5 nitrogen and oxygen atoms in total. The Balaban J connectivity index is 1.98. The summed E-state index contributed by atoms with van der Waals surface area (Å²) < 4.78 is 28.0. The van der Waals surface area contributed by atoms with Crippen LogP contribution >= 0.6 is 0 Å². The van der Waals surface area contributed by atoms with Crippen LogP contribution in [0.15, 0.2) is 22.8 Å². The molecule has 21 heavy (non-hydrogen) atoms. The van der Waals surface area contributed by atoms with Crippen molar-refractivity contribution in [3.05, 3.63) is 24.2 Å². The third-order valence-electron chi connectivity index (χ3n) is 4.12. The van der Waals surface area contributed by atoms with Crippen molar-refractivity contribution in [3.8, 4) is 0 Å². The highest BCUT2D eigenvalue weighted by Gasteiger charge is 2.25. The highest BCUT2D eigenvalue weighted by molar-refractivity contribution is 7.90. The number of aliphatic hydroxyl groups is 1. The molecule has 0 saturated carbocycles. The normalized spacial score (nSPS) is 22.9. The van der Waals surface area contributed by atoms with Crippen molar-refractivity contribution < 1.29 is 17.9 Å². The molecule has 2 rings (SSSR count). The fourth-order valence-corrected chi connectivity index (χ4v) is 3.50. The van der Waals surface area contributed by atoms with Gasteiger partial charge in [0.15, 0.2) is 0 Å². The van der Waals surface area contributed by atoms with E-state index in [1.807, 2.05) is 0 Å². The van der Waals surface area contributed by atoms with Crippen LogP contribution in [0.4, 0.5) is 0 Å². The maximum Gasteiger partial charge on any atom is 0.148 e. The van der Waals surface area contributed by atoms with Gasteiger partial charge in [0.25, 0.3) is 0 Å². The van der Waals surface area contributed by atoms with E-state index in [2.05, 4.69) is 4.90 Å². The van der Waals surface area contributed by atoms with E-state index in [0.29, 0.717) is 18.7 Å². The lowest BCUT2D eigenvalue weighted by Gasteiger charge is -2.30. The van der Waals surface area contributed by atoms with Crippen molar-refractivity contribution >= 4 is 9.84 Å². The van der Waals surface area contributed by atoms with E-state index in [4.69, 9.17) is 4.42 Å². The minimum atomic E-state index is -2.95. The highest BCUT2D eigenvalue weighted by atomic mass is 32.2. The Labute approximate surface area is 126 Å². The molecule has 6 heteroatoms. The Morgan fingerprint density at radius 1 is 1.43 bits per heavy atom. The number of likely N-dealkylation sites (tertiary alicyclic amines) is 1. The number of hydrogen-bond donors (Lipinski definition) is 1. The van der Waals surface area contributed by atoms with Crippen LogP contribution in [0.3, 0.4) is 0 Å². The molecule has 0 spiro atoms. The molecule has 2 unspecified atom stereocenters. The monoisotopic (exact) mass is 315 g/mol. The zero-order valence-corrected chi connectivity index (χ0v) is 13.4. The van der Waals surface area contributed by atoms with Crippen LogP contribution in [0.1, 0.15) is 44.0 Å². The van der Waals surface area contributed by atoms with E-state index in [9.17, 15) is 13.5 Å². The van der Waals surface area contributed by atoms with Gasteiger partial charge in [0.1, 0.15) is 21.7 Å². The number of nitrogens with zero attached hydrogens (tertiary/aromatic N) is 1. The molecule has 2 atom stereocenters. The van der Waals surface area contributed by atoms with Crippen LogP contribution in [0, 0.1) is 0 Å². The smallest absolute Gasteiger partial charge is 0.148 e. The molecule has 0 radical (unpaired) electrons. The molecule has 0 bridgehead atoms. The minimum Gasteiger partial charge on any atom is -0.467 e. The molecule has 2 heterocycles. The average molecular weight is 315 g/mol. The van der Waals surface area contributed by atoms with E-state index in [-0.39, 0.29) is 11.8 Å². The predicted molar refractivity (Wildman–Crippen MR) is 81.8 cm³/mol. The molecule has 1 aliphatic heterocycles. The van der Waals surface area contributed by atoms with Crippen LogP contribution < -0.4 is 0 Å². The van der Waals surface area contributed by atoms with Crippen molar-refractivity contribution in [2.75, 3.05) is 25.1 Å². The highest BCUT2D eigenvalue weighted by Crippen LogP contribution is 2.26. The van der Waals surface area contributed by atoms with Gasteiger partial charge in [-0.2, -0.15) is 0 Å².